The first kappa shape index (κ1) is 20.1. The highest BCUT2D eigenvalue weighted by Gasteiger charge is 2.17. The lowest BCUT2D eigenvalue weighted by atomic mass is 10.1. The van der Waals surface area contributed by atoms with Gasteiger partial charge in [-0.25, -0.2) is 0 Å². The molecule has 0 radical (unpaired) electrons. The minimum Gasteiger partial charge on any atom is -0.497 e. The van der Waals surface area contributed by atoms with E-state index in [1.807, 2.05) is 24.3 Å². The van der Waals surface area contributed by atoms with Gasteiger partial charge in [-0.2, -0.15) is 0 Å². The van der Waals surface area contributed by atoms with Gasteiger partial charge in [0.25, 0.3) is 5.91 Å². The van der Waals surface area contributed by atoms with Gasteiger partial charge in [0.05, 0.1) is 23.9 Å². The van der Waals surface area contributed by atoms with Gasteiger partial charge in [0.1, 0.15) is 5.75 Å². The van der Waals surface area contributed by atoms with Crippen molar-refractivity contribution in [2.45, 2.75) is 0 Å². The van der Waals surface area contributed by atoms with Gasteiger partial charge >= 0.3 is 0 Å². The van der Waals surface area contributed by atoms with E-state index in [0.717, 1.165) is 4.47 Å². The van der Waals surface area contributed by atoms with Crippen LogP contribution in [0.5, 0.6) is 5.75 Å². The van der Waals surface area contributed by atoms with E-state index in [1.165, 1.54) is 0 Å². The molecule has 150 valence electrons. The molecule has 1 aromatic heterocycles. The van der Waals surface area contributed by atoms with Crippen LogP contribution in [0.1, 0.15) is 10.4 Å². The predicted octanol–water partition coefficient (Wildman–Crippen LogP) is 6.08. The number of nitrogens with one attached hydrogen (secondary N) is 1. The van der Waals surface area contributed by atoms with Gasteiger partial charge in [0, 0.05) is 15.1 Å². The van der Waals surface area contributed by atoms with Crippen LogP contribution in [0.15, 0.2) is 75.6 Å². The normalized spacial score (nSPS) is 10.6. The molecule has 3 aromatic carbocycles. The zero-order valence-corrected chi connectivity index (χ0v) is 18.1. The van der Waals surface area contributed by atoms with Crippen molar-refractivity contribution in [2.24, 2.45) is 0 Å². The molecule has 0 atom stereocenters. The van der Waals surface area contributed by atoms with Crippen molar-refractivity contribution >= 4 is 39.1 Å². The highest BCUT2D eigenvalue weighted by atomic mass is 79.9. The summed E-state index contributed by atoms with van der Waals surface area (Å²) in [4.78, 5) is 12.6. The Labute approximate surface area is 186 Å². The second kappa shape index (κ2) is 8.69. The number of hydrogen-bond acceptors (Lipinski definition) is 5. The zero-order chi connectivity index (χ0) is 21.1. The van der Waals surface area contributed by atoms with E-state index in [4.69, 9.17) is 20.8 Å². The summed E-state index contributed by atoms with van der Waals surface area (Å²) >= 11 is 9.38. The van der Waals surface area contributed by atoms with Crippen LogP contribution in [-0.2, 0) is 0 Å². The molecule has 8 heteroatoms. The first-order chi connectivity index (χ1) is 14.5. The summed E-state index contributed by atoms with van der Waals surface area (Å²) in [5.41, 5.74) is 2.35. The second-order valence-electron chi connectivity index (χ2n) is 6.26. The van der Waals surface area contributed by atoms with Crippen molar-refractivity contribution in [3.8, 4) is 28.7 Å². The molecule has 0 spiro atoms. The molecule has 0 unspecified atom stereocenters. The van der Waals surface area contributed by atoms with E-state index < -0.39 is 0 Å². The molecule has 4 aromatic rings. The van der Waals surface area contributed by atoms with E-state index in [1.54, 1.807) is 49.6 Å². The summed E-state index contributed by atoms with van der Waals surface area (Å²) < 4.78 is 12.0. The molecule has 0 bridgehead atoms. The van der Waals surface area contributed by atoms with Crippen molar-refractivity contribution in [3.63, 3.8) is 0 Å². The maximum Gasteiger partial charge on any atom is 0.255 e. The predicted molar refractivity (Wildman–Crippen MR) is 119 cm³/mol. The fourth-order valence-electron chi connectivity index (χ4n) is 2.81. The van der Waals surface area contributed by atoms with E-state index in [0.29, 0.717) is 39.0 Å². The van der Waals surface area contributed by atoms with Crippen LogP contribution in [-0.4, -0.2) is 23.2 Å². The van der Waals surface area contributed by atoms with Crippen LogP contribution < -0.4 is 10.1 Å². The number of aromatic nitrogens is 2. The number of anilines is 1. The van der Waals surface area contributed by atoms with Crippen LogP contribution in [0.2, 0.25) is 5.02 Å². The van der Waals surface area contributed by atoms with E-state index in [-0.39, 0.29) is 11.8 Å². The largest absolute Gasteiger partial charge is 0.497 e. The molecule has 1 amide bonds. The summed E-state index contributed by atoms with van der Waals surface area (Å²) in [6.07, 6.45) is 0. The number of carbonyl (C=O) groups excluding carboxylic acids is 1. The molecule has 4 rings (SSSR count). The molecule has 0 aliphatic heterocycles. The van der Waals surface area contributed by atoms with Crippen molar-refractivity contribution in [2.75, 3.05) is 12.4 Å². The number of para-hydroxylation sites is 1. The van der Waals surface area contributed by atoms with Crippen molar-refractivity contribution in [3.05, 3.63) is 81.8 Å². The number of methoxy groups -OCH3 is 1. The van der Waals surface area contributed by atoms with E-state index >= 15 is 0 Å². The summed E-state index contributed by atoms with van der Waals surface area (Å²) in [5.74, 6) is 1.01. The Hall–Kier alpha value is -3.16. The summed E-state index contributed by atoms with van der Waals surface area (Å²) in [6.45, 7) is 0. The van der Waals surface area contributed by atoms with Crippen LogP contribution in [0.25, 0.3) is 22.9 Å². The molecular formula is C22H15BrClN3O3. The van der Waals surface area contributed by atoms with E-state index in [9.17, 15) is 4.79 Å². The standard InChI is InChI=1S/C22H15BrClN3O3/c1-29-15-10-11-18(23)17(12-15)22-27-26-21(30-22)16-4-2-3-5-19(16)25-20(28)13-6-8-14(24)9-7-13/h2-12H,1H3,(H,25,28). The number of hydrogen-bond donors (Lipinski definition) is 1. The molecule has 30 heavy (non-hydrogen) atoms. The van der Waals surface area contributed by atoms with Gasteiger partial charge in [0.2, 0.25) is 11.8 Å². The quantitative estimate of drug-likeness (QED) is 0.371. The Kier molecular flexibility index (Phi) is 5.83. The number of halogens is 2. The van der Waals surface area contributed by atoms with Gasteiger partial charge in [-0.1, -0.05) is 23.7 Å². The lowest BCUT2D eigenvalue weighted by Gasteiger charge is -2.09. The van der Waals surface area contributed by atoms with Crippen LogP contribution in [0.4, 0.5) is 5.69 Å². The fourth-order valence-corrected chi connectivity index (χ4v) is 3.35. The lowest BCUT2D eigenvalue weighted by molar-refractivity contribution is 0.102. The van der Waals surface area contributed by atoms with Gasteiger partial charge in [-0.3, -0.25) is 4.79 Å². The van der Waals surface area contributed by atoms with E-state index in [2.05, 4.69) is 31.4 Å². The molecular weight excluding hydrogens is 470 g/mol. The third kappa shape index (κ3) is 4.22. The molecule has 0 fully saturated rings. The average molecular weight is 485 g/mol. The van der Waals surface area contributed by atoms with Crippen LogP contribution in [0, 0.1) is 0 Å². The van der Waals surface area contributed by atoms with Crippen LogP contribution in [0.3, 0.4) is 0 Å². The van der Waals surface area contributed by atoms with Crippen molar-refractivity contribution < 1.29 is 13.9 Å². The Morgan fingerprint density at radius 2 is 1.70 bits per heavy atom. The number of carbonyl (C=O) groups is 1. The third-order valence-corrected chi connectivity index (χ3v) is 5.28. The highest BCUT2D eigenvalue weighted by molar-refractivity contribution is 9.10. The minimum absolute atomic E-state index is 0.269. The topological polar surface area (TPSA) is 77.3 Å². The molecule has 0 aliphatic carbocycles. The monoisotopic (exact) mass is 483 g/mol. The Morgan fingerprint density at radius 3 is 2.43 bits per heavy atom. The number of benzene rings is 3. The van der Waals surface area contributed by atoms with Crippen LogP contribution >= 0.6 is 27.5 Å². The molecule has 0 aliphatic rings. The smallest absolute Gasteiger partial charge is 0.255 e. The maximum atomic E-state index is 12.6. The van der Waals surface area contributed by atoms with Gasteiger partial charge in [-0.05, 0) is 70.5 Å². The van der Waals surface area contributed by atoms with Gasteiger partial charge < -0.3 is 14.5 Å². The lowest BCUT2D eigenvalue weighted by Crippen LogP contribution is -2.12. The molecule has 6 nitrogen and oxygen atoms in total. The summed E-state index contributed by atoms with van der Waals surface area (Å²) in [6, 6.07) is 19.3. The Balaban J connectivity index is 1.65. The van der Waals surface area contributed by atoms with Gasteiger partial charge in [-0.15, -0.1) is 10.2 Å². The first-order valence-corrected chi connectivity index (χ1v) is 10.1. The molecule has 1 N–H and O–H groups in total. The Morgan fingerprint density at radius 1 is 1.00 bits per heavy atom. The second-order valence-corrected chi connectivity index (χ2v) is 7.56. The fraction of sp³-hybridized carbons (Fsp3) is 0.0455. The SMILES string of the molecule is COc1ccc(Br)c(-c2nnc(-c3ccccc3NC(=O)c3ccc(Cl)cc3)o2)c1. The van der Waals surface area contributed by atoms with Crippen molar-refractivity contribution in [1.29, 1.82) is 0 Å². The summed E-state index contributed by atoms with van der Waals surface area (Å²) in [5, 5.41) is 11.8. The number of amides is 1. The number of nitrogens with zero attached hydrogens (tertiary/aromatic N) is 2. The molecule has 1 heterocycles. The zero-order valence-electron chi connectivity index (χ0n) is 15.7. The first-order valence-electron chi connectivity index (χ1n) is 8.89. The van der Waals surface area contributed by atoms with Crippen molar-refractivity contribution in [1.82, 2.24) is 10.2 Å². The summed E-state index contributed by atoms with van der Waals surface area (Å²) in [7, 11) is 1.59. The maximum absolute atomic E-state index is 12.6. The Bertz CT molecular complexity index is 1210. The molecule has 0 saturated heterocycles. The molecule has 0 saturated carbocycles. The minimum atomic E-state index is -0.269. The van der Waals surface area contributed by atoms with Gasteiger partial charge in [0.15, 0.2) is 0 Å². The average Bonchev–Trinajstić information content (AvgIpc) is 3.25. The number of ether oxygens (including phenoxy) is 1. The highest BCUT2D eigenvalue weighted by Crippen LogP contribution is 2.34. The number of rotatable bonds is 5. The third-order valence-electron chi connectivity index (χ3n) is 4.34.